The number of nitrogens with zero attached hydrogens (tertiary/aromatic N) is 2. The number of carboxylic acids is 1. The minimum Gasteiger partial charge on any atom is -0.478 e. The smallest absolute Gasteiger partial charge is 0.337 e. The maximum Gasteiger partial charge on any atom is 0.337 e. The zero-order chi connectivity index (χ0) is 12.7. The number of aromatic nitrogens is 1. The molecule has 2 fully saturated rings. The number of carboxylic acid groups (broad SMARTS) is 1. The minimum absolute atomic E-state index is 0.306. The highest BCUT2D eigenvalue weighted by Crippen LogP contribution is 2.37. The third kappa shape index (κ3) is 2.33. The van der Waals surface area contributed by atoms with Crippen molar-refractivity contribution < 1.29 is 9.90 Å². The molecule has 18 heavy (non-hydrogen) atoms. The Bertz CT molecular complexity index is 479. The van der Waals surface area contributed by atoms with E-state index in [0.717, 1.165) is 18.3 Å². The first kappa shape index (κ1) is 11.5. The average molecular weight is 246 g/mol. The maximum absolute atomic E-state index is 11.0. The van der Waals surface area contributed by atoms with E-state index in [0.29, 0.717) is 17.3 Å². The molecule has 0 bridgehead atoms. The van der Waals surface area contributed by atoms with Gasteiger partial charge in [-0.2, -0.15) is 0 Å². The van der Waals surface area contributed by atoms with Gasteiger partial charge < -0.3 is 10.0 Å². The van der Waals surface area contributed by atoms with Crippen LogP contribution in [0.5, 0.6) is 0 Å². The first-order valence-electron chi connectivity index (χ1n) is 6.62. The summed E-state index contributed by atoms with van der Waals surface area (Å²) in [6, 6.07) is 4.17. The fourth-order valence-electron chi connectivity index (χ4n) is 2.33. The molecule has 0 radical (unpaired) electrons. The number of aryl methyl sites for hydroxylation is 1. The minimum atomic E-state index is -0.897. The van der Waals surface area contributed by atoms with Crippen LogP contribution in [0.2, 0.25) is 0 Å². The lowest BCUT2D eigenvalue weighted by Crippen LogP contribution is -2.29. The van der Waals surface area contributed by atoms with Gasteiger partial charge in [-0.05, 0) is 50.7 Å². The summed E-state index contributed by atoms with van der Waals surface area (Å²) in [5, 5.41) is 9.02. The molecule has 2 aliphatic carbocycles. The van der Waals surface area contributed by atoms with E-state index in [9.17, 15) is 4.79 Å². The molecule has 1 N–H and O–H groups in total. The van der Waals surface area contributed by atoms with Gasteiger partial charge in [-0.3, -0.25) is 0 Å². The van der Waals surface area contributed by atoms with Crippen molar-refractivity contribution in [3.05, 3.63) is 23.4 Å². The molecule has 3 rings (SSSR count). The van der Waals surface area contributed by atoms with Gasteiger partial charge in [0.1, 0.15) is 5.82 Å². The van der Waals surface area contributed by atoms with Crippen LogP contribution >= 0.6 is 0 Å². The third-order valence-electron chi connectivity index (χ3n) is 3.74. The predicted octanol–water partition coefficient (Wildman–Crippen LogP) is 2.47. The van der Waals surface area contributed by atoms with Crippen molar-refractivity contribution in [2.75, 3.05) is 11.4 Å². The van der Waals surface area contributed by atoms with E-state index < -0.39 is 5.97 Å². The highest BCUT2D eigenvalue weighted by Gasteiger charge is 2.34. The van der Waals surface area contributed by atoms with Gasteiger partial charge in [0.2, 0.25) is 0 Å². The molecular weight excluding hydrogens is 228 g/mol. The van der Waals surface area contributed by atoms with Gasteiger partial charge in [-0.15, -0.1) is 0 Å². The van der Waals surface area contributed by atoms with E-state index in [1.165, 1.54) is 25.7 Å². The standard InChI is InChI=1S/C14H18N2O2/c1-9-12(14(17)18)6-7-13(15-9)16(11-4-5-11)8-10-2-3-10/h6-7,10-11H,2-5,8H2,1H3,(H,17,18). The molecule has 2 saturated carbocycles. The van der Waals surface area contributed by atoms with Crippen LogP contribution in [0.25, 0.3) is 0 Å². The molecular formula is C14H18N2O2. The predicted molar refractivity (Wildman–Crippen MR) is 69.0 cm³/mol. The number of anilines is 1. The van der Waals surface area contributed by atoms with Crippen molar-refractivity contribution >= 4 is 11.8 Å². The van der Waals surface area contributed by atoms with E-state index >= 15 is 0 Å². The van der Waals surface area contributed by atoms with E-state index in [4.69, 9.17) is 5.11 Å². The van der Waals surface area contributed by atoms with E-state index in [-0.39, 0.29) is 0 Å². The zero-order valence-electron chi connectivity index (χ0n) is 10.6. The first-order valence-corrected chi connectivity index (χ1v) is 6.62. The average Bonchev–Trinajstić information content (AvgIpc) is 3.18. The second kappa shape index (κ2) is 4.26. The summed E-state index contributed by atoms with van der Waals surface area (Å²) in [6.45, 7) is 2.86. The molecule has 4 heteroatoms. The first-order chi connectivity index (χ1) is 8.65. The summed E-state index contributed by atoms with van der Waals surface area (Å²) in [4.78, 5) is 17.8. The van der Waals surface area contributed by atoms with Gasteiger partial charge >= 0.3 is 5.97 Å². The highest BCUT2D eigenvalue weighted by molar-refractivity contribution is 5.89. The molecule has 4 nitrogen and oxygen atoms in total. The summed E-state index contributed by atoms with van der Waals surface area (Å²) in [5.41, 5.74) is 0.919. The van der Waals surface area contributed by atoms with Crippen molar-refractivity contribution in [2.24, 2.45) is 5.92 Å². The molecule has 0 saturated heterocycles. The lowest BCUT2D eigenvalue weighted by atomic mass is 10.2. The van der Waals surface area contributed by atoms with Crippen molar-refractivity contribution in [1.82, 2.24) is 4.98 Å². The van der Waals surface area contributed by atoms with Crippen molar-refractivity contribution in [2.45, 2.75) is 38.6 Å². The summed E-state index contributed by atoms with van der Waals surface area (Å²) < 4.78 is 0. The number of hydrogen-bond donors (Lipinski definition) is 1. The second-order valence-electron chi connectivity index (χ2n) is 5.43. The zero-order valence-corrected chi connectivity index (χ0v) is 10.6. The Balaban J connectivity index is 1.84. The number of hydrogen-bond acceptors (Lipinski definition) is 3. The molecule has 0 atom stereocenters. The van der Waals surface area contributed by atoms with Gasteiger partial charge in [0, 0.05) is 12.6 Å². The van der Waals surface area contributed by atoms with Gasteiger partial charge in [0.05, 0.1) is 11.3 Å². The number of carbonyl (C=O) groups is 1. The van der Waals surface area contributed by atoms with Crippen LogP contribution in [0.4, 0.5) is 5.82 Å². The lowest BCUT2D eigenvalue weighted by Gasteiger charge is -2.24. The molecule has 2 aliphatic rings. The summed E-state index contributed by atoms with van der Waals surface area (Å²) >= 11 is 0. The van der Waals surface area contributed by atoms with Crippen LogP contribution in [-0.2, 0) is 0 Å². The Kier molecular flexibility index (Phi) is 2.73. The fraction of sp³-hybridized carbons (Fsp3) is 0.571. The monoisotopic (exact) mass is 246 g/mol. The van der Waals surface area contributed by atoms with E-state index in [1.807, 2.05) is 6.07 Å². The van der Waals surface area contributed by atoms with Gasteiger partial charge in [0.15, 0.2) is 0 Å². The van der Waals surface area contributed by atoms with E-state index in [1.54, 1.807) is 13.0 Å². The summed E-state index contributed by atoms with van der Waals surface area (Å²) in [5.74, 6) is 0.880. The largest absolute Gasteiger partial charge is 0.478 e. The van der Waals surface area contributed by atoms with Crippen LogP contribution < -0.4 is 4.90 Å². The lowest BCUT2D eigenvalue weighted by molar-refractivity contribution is 0.0695. The molecule has 1 heterocycles. The maximum atomic E-state index is 11.0. The Hall–Kier alpha value is -1.58. The second-order valence-corrected chi connectivity index (χ2v) is 5.43. The van der Waals surface area contributed by atoms with Crippen molar-refractivity contribution in [3.63, 3.8) is 0 Å². The number of pyridine rings is 1. The van der Waals surface area contributed by atoms with Crippen LogP contribution in [0.1, 0.15) is 41.7 Å². The molecule has 0 amide bonds. The van der Waals surface area contributed by atoms with Gasteiger partial charge in [-0.1, -0.05) is 0 Å². The molecule has 1 aromatic heterocycles. The molecule has 0 aromatic carbocycles. The summed E-state index contributed by atoms with van der Waals surface area (Å²) in [6.07, 6.45) is 5.15. The third-order valence-corrected chi connectivity index (χ3v) is 3.74. The SMILES string of the molecule is Cc1nc(N(CC2CC2)C2CC2)ccc1C(=O)O. The fourth-order valence-corrected chi connectivity index (χ4v) is 2.33. The Morgan fingerprint density at radius 3 is 2.61 bits per heavy atom. The van der Waals surface area contributed by atoms with Gasteiger partial charge in [-0.25, -0.2) is 9.78 Å². The van der Waals surface area contributed by atoms with E-state index in [2.05, 4.69) is 9.88 Å². The molecule has 0 unspecified atom stereocenters. The van der Waals surface area contributed by atoms with Crippen molar-refractivity contribution in [3.8, 4) is 0 Å². The van der Waals surface area contributed by atoms with Crippen LogP contribution in [0.3, 0.4) is 0 Å². The topological polar surface area (TPSA) is 53.4 Å². The van der Waals surface area contributed by atoms with Crippen LogP contribution in [-0.4, -0.2) is 28.6 Å². The van der Waals surface area contributed by atoms with Crippen LogP contribution in [0, 0.1) is 12.8 Å². The quantitative estimate of drug-likeness (QED) is 0.867. The molecule has 0 aliphatic heterocycles. The summed E-state index contributed by atoms with van der Waals surface area (Å²) in [7, 11) is 0. The molecule has 96 valence electrons. The number of rotatable bonds is 5. The van der Waals surface area contributed by atoms with Crippen LogP contribution in [0.15, 0.2) is 12.1 Å². The Labute approximate surface area is 107 Å². The van der Waals surface area contributed by atoms with Gasteiger partial charge in [0.25, 0.3) is 0 Å². The molecule has 1 aromatic rings. The highest BCUT2D eigenvalue weighted by atomic mass is 16.4. The normalized spacial score (nSPS) is 18.7. The Morgan fingerprint density at radius 1 is 1.39 bits per heavy atom. The Morgan fingerprint density at radius 2 is 2.11 bits per heavy atom. The molecule has 0 spiro atoms. The number of aromatic carboxylic acids is 1. The van der Waals surface area contributed by atoms with Crippen molar-refractivity contribution in [1.29, 1.82) is 0 Å².